The number of rotatable bonds is 6. The van der Waals surface area contributed by atoms with Crippen LogP contribution in [0.25, 0.3) is 5.76 Å². The number of hydrogen-bond acceptors (Lipinski definition) is 6. The van der Waals surface area contributed by atoms with E-state index in [1.165, 1.54) is 24.1 Å². The summed E-state index contributed by atoms with van der Waals surface area (Å²) in [6.45, 7) is 1.84. The number of nitrogens with zero attached hydrogens (tertiary/aromatic N) is 1. The fourth-order valence-corrected chi connectivity index (χ4v) is 4.60. The SMILES string of the molecule is COc1cccc(CN2C(=O)C(=O)/C(=C(\O)c3cc(Cl)c(OC)c(Cl)c3)C2c2ccc(C)o2)c1. The number of carbonyl (C=O) groups excluding carboxylic acids is 2. The van der Waals surface area contributed by atoms with Crippen LogP contribution in [0.1, 0.15) is 28.7 Å². The monoisotopic (exact) mass is 501 g/mol. The number of aliphatic hydroxyl groups is 1. The van der Waals surface area contributed by atoms with Crippen molar-refractivity contribution in [2.24, 2.45) is 0 Å². The molecule has 0 bridgehead atoms. The summed E-state index contributed by atoms with van der Waals surface area (Å²) < 4.78 is 16.2. The zero-order chi connectivity index (χ0) is 24.6. The third kappa shape index (κ3) is 4.24. The summed E-state index contributed by atoms with van der Waals surface area (Å²) in [5, 5.41) is 11.5. The Morgan fingerprint density at radius 1 is 1.06 bits per heavy atom. The summed E-state index contributed by atoms with van der Waals surface area (Å²) in [5.74, 6) is -0.253. The van der Waals surface area contributed by atoms with Crippen LogP contribution in [-0.4, -0.2) is 35.9 Å². The topological polar surface area (TPSA) is 89.2 Å². The molecule has 176 valence electrons. The van der Waals surface area contributed by atoms with Crippen LogP contribution in [0.4, 0.5) is 0 Å². The molecule has 4 rings (SSSR count). The van der Waals surface area contributed by atoms with Crippen molar-refractivity contribution in [2.45, 2.75) is 19.5 Å². The van der Waals surface area contributed by atoms with E-state index < -0.39 is 23.5 Å². The van der Waals surface area contributed by atoms with Crippen LogP contribution in [0.5, 0.6) is 11.5 Å². The lowest BCUT2D eigenvalue weighted by Crippen LogP contribution is -2.29. The molecule has 1 amide bonds. The van der Waals surface area contributed by atoms with Crippen molar-refractivity contribution in [1.82, 2.24) is 4.90 Å². The number of Topliss-reactive ketones (excluding diaryl/α,β-unsaturated/α-hetero) is 1. The molecular weight excluding hydrogens is 481 g/mol. The fraction of sp³-hybridized carbons (Fsp3) is 0.200. The average Bonchev–Trinajstić information content (AvgIpc) is 3.34. The van der Waals surface area contributed by atoms with Gasteiger partial charge in [-0.3, -0.25) is 9.59 Å². The van der Waals surface area contributed by atoms with Gasteiger partial charge < -0.3 is 23.9 Å². The lowest BCUT2D eigenvalue weighted by Gasteiger charge is -2.23. The van der Waals surface area contributed by atoms with Crippen molar-refractivity contribution in [3.05, 3.63) is 86.8 Å². The number of likely N-dealkylation sites (tertiary alicyclic amines) is 1. The van der Waals surface area contributed by atoms with Gasteiger partial charge in [-0.15, -0.1) is 0 Å². The molecule has 1 aliphatic rings. The molecule has 1 atom stereocenters. The Morgan fingerprint density at radius 3 is 2.35 bits per heavy atom. The zero-order valence-corrected chi connectivity index (χ0v) is 20.1. The molecule has 0 spiro atoms. The fourth-order valence-electron chi connectivity index (χ4n) is 3.95. The Balaban J connectivity index is 1.86. The molecule has 1 unspecified atom stereocenters. The quantitative estimate of drug-likeness (QED) is 0.271. The largest absolute Gasteiger partial charge is 0.507 e. The van der Waals surface area contributed by atoms with Crippen LogP contribution >= 0.6 is 23.2 Å². The van der Waals surface area contributed by atoms with Gasteiger partial charge in [0, 0.05) is 12.1 Å². The van der Waals surface area contributed by atoms with Crippen molar-refractivity contribution in [1.29, 1.82) is 0 Å². The van der Waals surface area contributed by atoms with E-state index in [-0.39, 0.29) is 33.5 Å². The molecule has 1 aromatic heterocycles. The molecule has 7 nitrogen and oxygen atoms in total. The summed E-state index contributed by atoms with van der Waals surface area (Å²) in [7, 11) is 2.96. The first-order chi connectivity index (χ1) is 16.2. The second-order valence-corrected chi connectivity index (χ2v) is 8.51. The Hall–Kier alpha value is -3.42. The minimum atomic E-state index is -0.959. The van der Waals surface area contributed by atoms with Crippen LogP contribution in [0.3, 0.4) is 0 Å². The molecule has 3 aromatic rings. The maximum absolute atomic E-state index is 13.2. The van der Waals surface area contributed by atoms with E-state index in [1.54, 1.807) is 44.4 Å². The van der Waals surface area contributed by atoms with Crippen LogP contribution in [0, 0.1) is 6.92 Å². The van der Waals surface area contributed by atoms with Gasteiger partial charge in [0.05, 0.1) is 29.8 Å². The van der Waals surface area contributed by atoms with Crippen molar-refractivity contribution in [2.75, 3.05) is 14.2 Å². The molecule has 2 heterocycles. The van der Waals surface area contributed by atoms with Crippen LogP contribution < -0.4 is 9.47 Å². The van der Waals surface area contributed by atoms with Gasteiger partial charge in [-0.05, 0) is 48.9 Å². The number of amides is 1. The predicted octanol–water partition coefficient (Wildman–Crippen LogP) is 5.53. The first-order valence-electron chi connectivity index (χ1n) is 10.3. The Kier molecular flexibility index (Phi) is 6.59. The van der Waals surface area contributed by atoms with Gasteiger partial charge in [0.15, 0.2) is 5.75 Å². The van der Waals surface area contributed by atoms with Crippen LogP contribution in [-0.2, 0) is 16.1 Å². The first kappa shape index (κ1) is 23.7. The van der Waals surface area contributed by atoms with Gasteiger partial charge in [-0.2, -0.15) is 0 Å². The van der Waals surface area contributed by atoms with Crippen molar-refractivity contribution in [3.8, 4) is 11.5 Å². The van der Waals surface area contributed by atoms with Gasteiger partial charge in [0.25, 0.3) is 11.7 Å². The van der Waals surface area contributed by atoms with E-state index in [0.29, 0.717) is 17.3 Å². The van der Waals surface area contributed by atoms with Gasteiger partial charge >= 0.3 is 0 Å². The van der Waals surface area contributed by atoms with E-state index in [2.05, 4.69) is 0 Å². The van der Waals surface area contributed by atoms with Crippen molar-refractivity contribution < 1.29 is 28.6 Å². The molecule has 34 heavy (non-hydrogen) atoms. The molecule has 1 fully saturated rings. The molecule has 9 heteroatoms. The number of halogens is 2. The molecule has 1 N–H and O–H groups in total. The molecule has 0 radical (unpaired) electrons. The number of carbonyl (C=O) groups is 2. The first-order valence-corrected chi connectivity index (χ1v) is 11.0. The van der Waals surface area contributed by atoms with Gasteiger partial charge in [0.1, 0.15) is 29.1 Å². The van der Waals surface area contributed by atoms with Crippen molar-refractivity contribution >= 4 is 40.7 Å². The van der Waals surface area contributed by atoms with Crippen LogP contribution in [0.2, 0.25) is 10.0 Å². The normalized spacial score (nSPS) is 17.3. The maximum Gasteiger partial charge on any atom is 0.296 e. The second kappa shape index (κ2) is 9.44. The summed E-state index contributed by atoms with van der Waals surface area (Å²) in [6.07, 6.45) is 0. The highest BCUT2D eigenvalue weighted by Crippen LogP contribution is 2.43. The Morgan fingerprint density at radius 2 is 1.76 bits per heavy atom. The summed E-state index contributed by atoms with van der Waals surface area (Å²) >= 11 is 12.5. The van der Waals surface area contributed by atoms with E-state index in [4.69, 9.17) is 37.1 Å². The second-order valence-electron chi connectivity index (χ2n) is 7.70. The molecule has 0 saturated carbocycles. The Labute approximate surface area is 206 Å². The number of benzene rings is 2. The molecule has 1 saturated heterocycles. The van der Waals surface area contributed by atoms with Gasteiger partial charge in [-0.25, -0.2) is 0 Å². The predicted molar refractivity (Wildman–Crippen MR) is 127 cm³/mol. The smallest absolute Gasteiger partial charge is 0.296 e. The standard InChI is InChI=1S/C25H21Cl2NO6/c1-13-7-8-19(34-13)21-20(22(29)15-10-17(26)24(33-3)18(27)11-15)23(30)25(31)28(21)12-14-5-4-6-16(9-14)32-2/h4-11,21,29H,12H2,1-3H3/b22-20-. The number of hydrogen-bond donors (Lipinski definition) is 1. The lowest BCUT2D eigenvalue weighted by atomic mass is 9.99. The van der Waals surface area contributed by atoms with Gasteiger partial charge in [-0.1, -0.05) is 35.3 Å². The molecule has 1 aliphatic heterocycles. The lowest BCUT2D eigenvalue weighted by molar-refractivity contribution is -0.140. The average molecular weight is 502 g/mol. The third-order valence-electron chi connectivity index (χ3n) is 5.53. The number of aryl methyl sites for hydroxylation is 1. The number of aliphatic hydroxyl groups excluding tert-OH is 1. The van der Waals surface area contributed by atoms with Crippen LogP contribution in [0.15, 0.2) is 58.5 Å². The maximum atomic E-state index is 13.2. The van der Waals surface area contributed by atoms with Gasteiger partial charge in [0.2, 0.25) is 0 Å². The van der Waals surface area contributed by atoms with E-state index >= 15 is 0 Å². The third-order valence-corrected chi connectivity index (χ3v) is 6.10. The van der Waals surface area contributed by atoms with E-state index in [0.717, 1.165) is 5.56 Å². The van der Waals surface area contributed by atoms with E-state index in [1.807, 2.05) is 6.07 Å². The minimum Gasteiger partial charge on any atom is -0.507 e. The summed E-state index contributed by atoms with van der Waals surface area (Å²) in [6, 6.07) is 12.4. The highest BCUT2D eigenvalue weighted by Gasteiger charge is 2.47. The zero-order valence-electron chi connectivity index (χ0n) is 18.6. The van der Waals surface area contributed by atoms with Crippen molar-refractivity contribution in [3.63, 3.8) is 0 Å². The highest BCUT2D eigenvalue weighted by molar-refractivity contribution is 6.46. The molecule has 2 aromatic carbocycles. The summed E-state index contributed by atoms with van der Waals surface area (Å²) in [5.41, 5.74) is 0.785. The summed E-state index contributed by atoms with van der Waals surface area (Å²) in [4.78, 5) is 27.6. The number of methoxy groups -OCH3 is 2. The minimum absolute atomic E-state index is 0.0904. The number of ketones is 1. The Bertz CT molecular complexity index is 1290. The number of furan rings is 1. The highest BCUT2D eigenvalue weighted by atomic mass is 35.5. The van der Waals surface area contributed by atoms with E-state index in [9.17, 15) is 14.7 Å². The number of ether oxygens (including phenoxy) is 2. The molecule has 0 aliphatic carbocycles. The molecular formula is C25H21Cl2NO6.